The minimum atomic E-state index is -0.356. The van der Waals surface area contributed by atoms with E-state index in [2.05, 4.69) is 15.2 Å². The van der Waals surface area contributed by atoms with Crippen LogP contribution in [0.25, 0.3) is 6.08 Å². The van der Waals surface area contributed by atoms with Crippen molar-refractivity contribution in [2.75, 3.05) is 40.4 Å². The molecular formula is C24H26N4O5S. The monoisotopic (exact) mass is 482 g/mol. The van der Waals surface area contributed by atoms with Gasteiger partial charge in [0.15, 0.2) is 11.5 Å². The first-order valence-electron chi connectivity index (χ1n) is 10.9. The van der Waals surface area contributed by atoms with E-state index in [-0.39, 0.29) is 36.7 Å². The van der Waals surface area contributed by atoms with Gasteiger partial charge in [0, 0.05) is 38.6 Å². The second-order valence-corrected chi connectivity index (χ2v) is 8.90. The number of ether oxygens (including phenoxy) is 2. The lowest BCUT2D eigenvalue weighted by molar-refractivity contribution is -0.124. The first-order chi connectivity index (χ1) is 16.5. The van der Waals surface area contributed by atoms with Crippen molar-refractivity contribution in [3.05, 3.63) is 58.3 Å². The fourth-order valence-electron chi connectivity index (χ4n) is 3.95. The van der Waals surface area contributed by atoms with Gasteiger partial charge in [-0.25, -0.2) is 0 Å². The molecule has 3 amide bonds. The maximum atomic E-state index is 12.6. The highest BCUT2D eigenvalue weighted by atomic mass is 32.2. The molecule has 34 heavy (non-hydrogen) atoms. The highest BCUT2D eigenvalue weighted by Gasteiger charge is 2.34. The van der Waals surface area contributed by atoms with Gasteiger partial charge in [-0.05, 0) is 59.1 Å². The molecule has 1 aromatic heterocycles. The van der Waals surface area contributed by atoms with Crippen molar-refractivity contribution in [2.45, 2.75) is 13.0 Å². The van der Waals surface area contributed by atoms with Crippen molar-refractivity contribution in [3.8, 4) is 11.5 Å². The summed E-state index contributed by atoms with van der Waals surface area (Å²) in [5, 5.41) is 2.48. The number of aromatic nitrogens is 1. The summed E-state index contributed by atoms with van der Waals surface area (Å²) in [7, 11) is 3.22. The molecule has 2 aliphatic rings. The fourth-order valence-corrected chi connectivity index (χ4v) is 4.81. The van der Waals surface area contributed by atoms with Gasteiger partial charge in [-0.15, -0.1) is 0 Å². The minimum absolute atomic E-state index is 0.126. The van der Waals surface area contributed by atoms with E-state index in [1.54, 1.807) is 38.8 Å². The SMILES string of the molecule is COc1cc2c(cc1OC)CN(CC(=O)NCCN1C(=O)S/C(=C\c3cccnc3)C1=O)CC2. The van der Waals surface area contributed by atoms with Crippen LogP contribution in [0.15, 0.2) is 41.6 Å². The molecule has 2 aliphatic heterocycles. The maximum absolute atomic E-state index is 12.6. The highest BCUT2D eigenvalue weighted by molar-refractivity contribution is 8.18. The number of rotatable bonds is 8. The van der Waals surface area contributed by atoms with Gasteiger partial charge in [0.05, 0.1) is 25.7 Å². The van der Waals surface area contributed by atoms with Crippen LogP contribution in [0.1, 0.15) is 16.7 Å². The Morgan fingerprint density at radius 3 is 2.68 bits per heavy atom. The molecule has 178 valence electrons. The third kappa shape index (κ3) is 5.40. The number of carbonyl (C=O) groups excluding carboxylic acids is 3. The largest absolute Gasteiger partial charge is 0.493 e. The first kappa shape index (κ1) is 23.8. The number of nitrogens with one attached hydrogen (secondary N) is 1. The summed E-state index contributed by atoms with van der Waals surface area (Å²) in [5.74, 6) is 0.865. The quantitative estimate of drug-likeness (QED) is 0.572. The molecule has 2 aromatic rings. The molecular weight excluding hydrogens is 456 g/mol. The Kier molecular flexibility index (Phi) is 7.49. The standard InChI is InChI=1S/C24H26N4O5S/c1-32-19-11-17-5-8-27(14-18(17)12-20(19)33-2)15-22(29)26-7-9-28-23(30)21(34-24(28)31)10-16-4-3-6-25-13-16/h3-4,6,10-13H,5,7-9,14-15H2,1-2H3,(H,26,29)/b21-10-. The van der Waals surface area contributed by atoms with E-state index in [1.165, 1.54) is 5.56 Å². The number of pyridine rings is 1. The number of hydrogen-bond acceptors (Lipinski definition) is 8. The van der Waals surface area contributed by atoms with Crippen LogP contribution in [0, 0.1) is 0 Å². The van der Waals surface area contributed by atoms with Crippen LogP contribution in [0.5, 0.6) is 11.5 Å². The van der Waals surface area contributed by atoms with Gasteiger partial charge in [-0.3, -0.25) is 29.2 Å². The number of fused-ring (bicyclic) bond motifs is 1. The molecule has 1 fully saturated rings. The molecule has 4 rings (SSSR count). The number of imide groups is 1. The molecule has 1 saturated heterocycles. The zero-order valence-electron chi connectivity index (χ0n) is 19.1. The van der Waals surface area contributed by atoms with Crippen LogP contribution in [0.3, 0.4) is 0 Å². The van der Waals surface area contributed by atoms with Crippen molar-refractivity contribution >= 4 is 34.9 Å². The molecule has 3 heterocycles. The van der Waals surface area contributed by atoms with Gasteiger partial charge in [0.2, 0.25) is 5.91 Å². The van der Waals surface area contributed by atoms with Gasteiger partial charge in [-0.1, -0.05) is 6.07 Å². The predicted octanol–water partition coefficient (Wildman–Crippen LogP) is 2.31. The average molecular weight is 483 g/mol. The third-order valence-corrected chi connectivity index (χ3v) is 6.59. The zero-order chi connectivity index (χ0) is 24.1. The van der Waals surface area contributed by atoms with E-state index >= 15 is 0 Å². The molecule has 10 heteroatoms. The molecule has 0 spiro atoms. The molecule has 0 bridgehead atoms. The maximum Gasteiger partial charge on any atom is 0.293 e. The van der Waals surface area contributed by atoms with Crippen molar-refractivity contribution in [2.24, 2.45) is 0 Å². The van der Waals surface area contributed by atoms with E-state index in [0.717, 1.165) is 40.8 Å². The van der Waals surface area contributed by atoms with E-state index in [0.29, 0.717) is 22.9 Å². The summed E-state index contributed by atoms with van der Waals surface area (Å²) in [5.41, 5.74) is 3.04. The Balaban J connectivity index is 1.27. The number of amides is 3. The smallest absolute Gasteiger partial charge is 0.293 e. The lowest BCUT2D eigenvalue weighted by Crippen LogP contribution is -2.43. The van der Waals surface area contributed by atoms with E-state index < -0.39 is 0 Å². The second kappa shape index (κ2) is 10.7. The van der Waals surface area contributed by atoms with E-state index in [1.807, 2.05) is 18.2 Å². The van der Waals surface area contributed by atoms with Crippen molar-refractivity contribution in [1.29, 1.82) is 0 Å². The van der Waals surface area contributed by atoms with E-state index in [4.69, 9.17) is 9.47 Å². The topological polar surface area (TPSA) is 101 Å². The fraction of sp³-hybridized carbons (Fsp3) is 0.333. The van der Waals surface area contributed by atoms with Crippen LogP contribution in [-0.2, 0) is 22.6 Å². The normalized spacial score (nSPS) is 17.1. The van der Waals surface area contributed by atoms with Gasteiger partial charge < -0.3 is 14.8 Å². The molecule has 0 atom stereocenters. The van der Waals surface area contributed by atoms with Crippen LogP contribution in [-0.4, -0.2) is 72.2 Å². The summed E-state index contributed by atoms with van der Waals surface area (Å²) in [6, 6.07) is 7.52. The molecule has 0 unspecified atom stereocenters. The number of methoxy groups -OCH3 is 2. The number of nitrogens with zero attached hydrogens (tertiary/aromatic N) is 3. The summed E-state index contributed by atoms with van der Waals surface area (Å²) in [4.78, 5) is 44.9. The Bertz CT molecular complexity index is 1120. The molecule has 9 nitrogen and oxygen atoms in total. The Hall–Kier alpha value is -3.37. The van der Waals surface area contributed by atoms with Crippen molar-refractivity contribution < 1.29 is 23.9 Å². The molecule has 0 aliphatic carbocycles. The molecule has 0 saturated carbocycles. The summed E-state index contributed by atoms with van der Waals surface area (Å²) < 4.78 is 10.8. The van der Waals surface area contributed by atoms with Gasteiger partial charge in [-0.2, -0.15) is 0 Å². The van der Waals surface area contributed by atoms with Crippen LogP contribution in [0.4, 0.5) is 4.79 Å². The lowest BCUT2D eigenvalue weighted by atomic mass is 9.99. The van der Waals surface area contributed by atoms with Gasteiger partial charge in [0.1, 0.15) is 0 Å². The summed E-state index contributed by atoms with van der Waals surface area (Å²) >= 11 is 0.894. The average Bonchev–Trinajstić information content (AvgIpc) is 3.11. The number of carbonyl (C=O) groups is 3. The lowest BCUT2D eigenvalue weighted by Gasteiger charge is -2.29. The van der Waals surface area contributed by atoms with E-state index in [9.17, 15) is 14.4 Å². The minimum Gasteiger partial charge on any atom is -0.493 e. The number of thioether (sulfide) groups is 1. The number of hydrogen-bond donors (Lipinski definition) is 1. The Morgan fingerprint density at radius 2 is 1.97 bits per heavy atom. The van der Waals surface area contributed by atoms with Gasteiger partial charge in [0.25, 0.3) is 11.1 Å². The van der Waals surface area contributed by atoms with Crippen LogP contribution in [0.2, 0.25) is 0 Å². The van der Waals surface area contributed by atoms with Gasteiger partial charge >= 0.3 is 0 Å². The molecule has 0 radical (unpaired) electrons. The first-order valence-corrected chi connectivity index (χ1v) is 11.7. The predicted molar refractivity (Wildman–Crippen MR) is 128 cm³/mol. The highest BCUT2D eigenvalue weighted by Crippen LogP contribution is 2.33. The Morgan fingerprint density at radius 1 is 1.21 bits per heavy atom. The van der Waals surface area contributed by atoms with Crippen LogP contribution >= 0.6 is 11.8 Å². The number of benzene rings is 1. The summed E-state index contributed by atoms with van der Waals surface area (Å²) in [6.45, 7) is 1.94. The second-order valence-electron chi connectivity index (χ2n) is 7.91. The van der Waals surface area contributed by atoms with Crippen molar-refractivity contribution in [1.82, 2.24) is 20.1 Å². The van der Waals surface area contributed by atoms with Crippen LogP contribution < -0.4 is 14.8 Å². The van der Waals surface area contributed by atoms with Crippen molar-refractivity contribution in [3.63, 3.8) is 0 Å². The Labute approximate surface area is 202 Å². The summed E-state index contributed by atoms with van der Waals surface area (Å²) in [6.07, 6.45) is 5.72. The zero-order valence-corrected chi connectivity index (χ0v) is 19.9. The molecule has 1 aromatic carbocycles. The third-order valence-electron chi connectivity index (χ3n) is 5.68. The molecule has 1 N–H and O–H groups in total.